The molecule has 0 spiro atoms. The summed E-state index contributed by atoms with van der Waals surface area (Å²) in [5.74, 6) is 2.34. The molecule has 1 aliphatic heterocycles. The highest BCUT2D eigenvalue weighted by atomic mass is 35.5. The van der Waals surface area contributed by atoms with Crippen LogP contribution in [0.15, 0.2) is 64.6 Å². The van der Waals surface area contributed by atoms with Gasteiger partial charge in [-0.1, -0.05) is 23.7 Å². The molecule has 9 heteroatoms. The number of aryl methyl sites for hydroxylation is 1. The molecule has 0 radical (unpaired) electrons. The third-order valence-electron chi connectivity index (χ3n) is 10.6. The fraction of sp³-hybridized carbons (Fsp3) is 0.471. The molecule has 2 heterocycles. The summed E-state index contributed by atoms with van der Waals surface area (Å²) in [4.78, 5) is 13.2. The van der Waals surface area contributed by atoms with E-state index in [9.17, 15) is 13.2 Å². The minimum atomic E-state index is -3.82. The first-order valence-corrected chi connectivity index (χ1v) is 17.3. The topological polar surface area (TPSA) is 83.8 Å². The van der Waals surface area contributed by atoms with Crippen molar-refractivity contribution in [1.29, 1.82) is 0 Å². The molecule has 1 N–H and O–H groups in total. The number of carbonyl (C=O) groups is 1. The standard InChI is InChI=1S/C34H39ClN4O3S/c1-22-14-27(21-36-37-33(40)32-4-3-13-38(32)43(41,42)31-11-7-29(35)8-12-31)23(2)39(22)30-9-5-28(6-10-30)34-18-24-15-25(19-34)17-26(16-24)20-34/h5-12,14,21,24-26,32H,3-4,13,15-20H2,1-2H3,(H,37,40)/b36-21-/t24?,25?,26?,32-,34?/m0/s1. The smallest absolute Gasteiger partial charge is 0.258 e. The van der Waals surface area contributed by atoms with Crippen LogP contribution in [0.4, 0.5) is 0 Å². The molecule has 1 amide bonds. The molecule has 5 fully saturated rings. The van der Waals surface area contributed by atoms with Crippen LogP contribution >= 0.6 is 11.6 Å². The van der Waals surface area contributed by atoms with Crippen LogP contribution in [0.3, 0.4) is 0 Å². The van der Waals surface area contributed by atoms with E-state index < -0.39 is 22.0 Å². The lowest BCUT2D eigenvalue weighted by Gasteiger charge is -2.57. The molecule has 5 aliphatic rings. The van der Waals surface area contributed by atoms with Crippen molar-refractivity contribution in [3.8, 4) is 5.69 Å². The van der Waals surface area contributed by atoms with Crippen LogP contribution in [0.1, 0.15) is 73.9 Å². The van der Waals surface area contributed by atoms with Crippen molar-refractivity contribution in [1.82, 2.24) is 14.3 Å². The van der Waals surface area contributed by atoms with Gasteiger partial charge in [0, 0.05) is 34.2 Å². The number of aromatic nitrogens is 1. The van der Waals surface area contributed by atoms with E-state index in [1.807, 2.05) is 0 Å². The van der Waals surface area contributed by atoms with Crippen molar-refractivity contribution < 1.29 is 13.2 Å². The first-order chi connectivity index (χ1) is 20.6. The Morgan fingerprint density at radius 1 is 0.977 bits per heavy atom. The van der Waals surface area contributed by atoms with Crippen LogP contribution in [0.2, 0.25) is 5.02 Å². The minimum Gasteiger partial charge on any atom is -0.318 e. The number of halogens is 1. The molecule has 1 saturated heterocycles. The van der Waals surface area contributed by atoms with Crippen LogP contribution in [0, 0.1) is 31.6 Å². The predicted octanol–water partition coefficient (Wildman–Crippen LogP) is 6.52. The highest BCUT2D eigenvalue weighted by Gasteiger charge is 2.51. The minimum absolute atomic E-state index is 0.124. The maximum Gasteiger partial charge on any atom is 0.258 e. The van der Waals surface area contributed by atoms with Crippen LogP contribution in [-0.2, 0) is 20.2 Å². The van der Waals surface area contributed by atoms with Gasteiger partial charge < -0.3 is 4.57 Å². The zero-order valence-corrected chi connectivity index (χ0v) is 26.4. The summed E-state index contributed by atoms with van der Waals surface area (Å²) >= 11 is 5.93. The molecular formula is C34H39ClN4O3S. The average molecular weight is 619 g/mol. The predicted molar refractivity (Wildman–Crippen MR) is 169 cm³/mol. The van der Waals surface area contributed by atoms with E-state index in [4.69, 9.17) is 11.6 Å². The van der Waals surface area contributed by atoms with Crippen LogP contribution in [0.5, 0.6) is 0 Å². The third-order valence-corrected chi connectivity index (χ3v) is 12.7. The van der Waals surface area contributed by atoms with Gasteiger partial charge >= 0.3 is 0 Å². The number of hydrogen-bond donors (Lipinski definition) is 1. The molecule has 4 saturated carbocycles. The van der Waals surface area contributed by atoms with Crippen LogP contribution < -0.4 is 5.43 Å². The molecule has 3 aromatic rings. The quantitative estimate of drug-likeness (QED) is 0.242. The molecule has 8 rings (SSSR count). The van der Waals surface area contributed by atoms with Gasteiger partial charge in [0.1, 0.15) is 6.04 Å². The first kappa shape index (κ1) is 28.8. The van der Waals surface area contributed by atoms with E-state index >= 15 is 0 Å². The van der Waals surface area contributed by atoms with Crippen molar-refractivity contribution in [2.75, 3.05) is 6.54 Å². The number of amides is 1. The second-order valence-electron chi connectivity index (χ2n) is 13.4. The van der Waals surface area contributed by atoms with E-state index in [0.717, 1.165) is 40.4 Å². The Labute approximate surface area is 259 Å². The van der Waals surface area contributed by atoms with Gasteiger partial charge in [0.25, 0.3) is 5.91 Å². The van der Waals surface area contributed by atoms with Gasteiger partial charge in [-0.2, -0.15) is 9.41 Å². The molecule has 0 unspecified atom stereocenters. The number of hydrazone groups is 1. The molecule has 4 aliphatic carbocycles. The van der Waals surface area contributed by atoms with Crippen molar-refractivity contribution >= 4 is 33.7 Å². The summed E-state index contributed by atoms with van der Waals surface area (Å²) in [5, 5.41) is 4.70. The van der Waals surface area contributed by atoms with Crippen molar-refractivity contribution in [2.45, 2.75) is 81.6 Å². The molecule has 7 nitrogen and oxygen atoms in total. The zero-order valence-electron chi connectivity index (χ0n) is 24.8. The number of benzene rings is 2. The molecule has 2 aromatic carbocycles. The van der Waals surface area contributed by atoms with E-state index in [-0.39, 0.29) is 11.4 Å². The Hall–Kier alpha value is -2.94. The maximum absolute atomic E-state index is 13.2. The first-order valence-electron chi connectivity index (χ1n) is 15.5. The zero-order chi connectivity index (χ0) is 29.9. The number of nitrogens with zero attached hydrogens (tertiary/aromatic N) is 3. The second-order valence-corrected chi connectivity index (χ2v) is 15.7. The Morgan fingerprint density at radius 2 is 1.60 bits per heavy atom. The molecule has 4 bridgehead atoms. The number of nitrogens with one attached hydrogen (secondary N) is 1. The van der Waals surface area contributed by atoms with E-state index in [2.05, 4.69) is 59.3 Å². The highest BCUT2D eigenvalue weighted by molar-refractivity contribution is 7.89. The summed E-state index contributed by atoms with van der Waals surface area (Å²) in [5.41, 5.74) is 8.64. The molecule has 1 aromatic heterocycles. The number of hydrogen-bond acceptors (Lipinski definition) is 4. The Morgan fingerprint density at radius 3 is 2.23 bits per heavy atom. The normalized spacial score (nSPS) is 28.6. The third kappa shape index (κ3) is 5.15. The van der Waals surface area contributed by atoms with Crippen LogP contribution in [0.25, 0.3) is 5.69 Å². The summed E-state index contributed by atoms with van der Waals surface area (Å²) in [7, 11) is -3.82. The van der Waals surface area contributed by atoms with Crippen molar-refractivity contribution in [3.05, 3.63) is 82.1 Å². The maximum atomic E-state index is 13.2. The lowest BCUT2D eigenvalue weighted by atomic mass is 9.48. The van der Waals surface area contributed by atoms with Gasteiger partial charge in [-0.15, -0.1) is 0 Å². The van der Waals surface area contributed by atoms with Gasteiger partial charge in [0.2, 0.25) is 10.0 Å². The fourth-order valence-electron chi connectivity index (χ4n) is 9.02. The van der Waals surface area contributed by atoms with E-state index in [1.54, 1.807) is 6.21 Å². The Balaban J connectivity index is 1.04. The van der Waals surface area contributed by atoms with Gasteiger partial charge in [-0.3, -0.25) is 4.79 Å². The molecule has 226 valence electrons. The van der Waals surface area contributed by atoms with E-state index in [0.29, 0.717) is 23.3 Å². The summed E-state index contributed by atoms with van der Waals surface area (Å²) in [6.45, 7) is 4.42. The SMILES string of the molecule is Cc1cc(/C=N\NC(=O)[C@@H]2CCCN2S(=O)(=O)c2ccc(Cl)cc2)c(C)n1-c1ccc(C23CC4CC(CC(C4)C2)C3)cc1. The summed E-state index contributed by atoms with van der Waals surface area (Å²) in [6, 6.07) is 16.5. The van der Waals surface area contributed by atoms with Gasteiger partial charge in [-0.25, -0.2) is 13.8 Å². The Bertz CT molecular complexity index is 1640. The second kappa shape index (κ2) is 10.9. The number of carbonyl (C=O) groups excluding carboxylic acids is 1. The summed E-state index contributed by atoms with van der Waals surface area (Å²) in [6.07, 6.45) is 11.1. The number of rotatable bonds is 7. The van der Waals surface area contributed by atoms with Crippen molar-refractivity contribution in [2.24, 2.45) is 22.9 Å². The van der Waals surface area contributed by atoms with Crippen molar-refractivity contribution in [3.63, 3.8) is 0 Å². The van der Waals surface area contributed by atoms with E-state index in [1.165, 1.54) is 72.7 Å². The van der Waals surface area contributed by atoms with Crippen LogP contribution in [-0.4, -0.2) is 42.0 Å². The fourth-order valence-corrected chi connectivity index (χ4v) is 10.8. The summed E-state index contributed by atoms with van der Waals surface area (Å²) < 4.78 is 29.9. The molecule has 1 atom stereocenters. The average Bonchev–Trinajstić information content (AvgIpc) is 3.58. The number of sulfonamides is 1. The van der Waals surface area contributed by atoms with Gasteiger partial charge in [0.15, 0.2) is 0 Å². The largest absolute Gasteiger partial charge is 0.318 e. The highest BCUT2D eigenvalue weighted by Crippen LogP contribution is 2.60. The molecular weight excluding hydrogens is 580 g/mol. The van der Waals surface area contributed by atoms with Gasteiger partial charge in [0.05, 0.1) is 11.1 Å². The Kier molecular flexibility index (Phi) is 7.30. The van der Waals surface area contributed by atoms with Gasteiger partial charge in [-0.05, 0) is 136 Å². The molecule has 43 heavy (non-hydrogen) atoms. The lowest BCUT2D eigenvalue weighted by Crippen LogP contribution is -2.48. The lowest BCUT2D eigenvalue weighted by molar-refractivity contribution is -0.124. The monoisotopic (exact) mass is 618 g/mol.